The molecular formula is C19H15F3N6. The minimum Gasteiger partial charge on any atom is -0.382 e. The van der Waals surface area contributed by atoms with E-state index in [0.717, 1.165) is 17.8 Å². The molecule has 142 valence electrons. The Morgan fingerprint density at radius 1 is 0.964 bits per heavy atom. The van der Waals surface area contributed by atoms with Crippen molar-refractivity contribution in [2.75, 3.05) is 11.1 Å². The highest BCUT2D eigenvalue weighted by Gasteiger charge is 2.29. The number of anilines is 3. The number of alkyl halides is 3. The maximum Gasteiger partial charge on any atom is 0.416 e. The number of hydrogen-bond acceptors (Lipinski definition) is 5. The number of imidazole rings is 1. The highest BCUT2D eigenvalue weighted by atomic mass is 19.4. The van der Waals surface area contributed by atoms with E-state index in [-0.39, 0.29) is 5.82 Å². The van der Waals surface area contributed by atoms with Crippen molar-refractivity contribution in [2.24, 2.45) is 0 Å². The van der Waals surface area contributed by atoms with Crippen molar-refractivity contribution >= 4 is 28.6 Å². The van der Waals surface area contributed by atoms with Crippen molar-refractivity contribution in [3.8, 4) is 0 Å². The maximum absolute atomic E-state index is 12.7. The maximum atomic E-state index is 12.7. The lowest BCUT2D eigenvalue weighted by atomic mass is 10.1. The minimum absolute atomic E-state index is 0.217. The molecule has 2 heterocycles. The Hall–Kier alpha value is -3.62. The quantitative estimate of drug-likeness (QED) is 0.551. The van der Waals surface area contributed by atoms with Gasteiger partial charge in [0.25, 0.3) is 0 Å². The third-order valence-electron chi connectivity index (χ3n) is 4.15. The standard InChI is InChI=1S/C19H15F3N6/c20-19(21,22)13-8-6-12(7-9-13)10-28-11-24-15-16(23)26-18(27-17(15)28)25-14-4-2-1-3-5-14/h1-9,11H,10H2,(H3,23,25,26,27). The average Bonchev–Trinajstić information content (AvgIpc) is 3.06. The summed E-state index contributed by atoms with van der Waals surface area (Å²) in [5.41, 5.74) is 7.72. The lowest BCUT2D eigenvalue weighted by Crippen LogP contribution is -2.06. The van der Waals surface area contributed by atoms with Crippen LogP contribution in [0.5, 0.6) is 0 Å². The van der Waals surface area contributed by atoms with Crippen LogP contribution >= 0.6 is 0 Å². The molecule has 0 fully saturated rings. The van der Waals surface area contributed by atoms with Crippen molar-refractivity contribution < 1.29 is 13.2 Å². The van der Waals surface area contributed by atoms with E-state index in [2.05, 4.69) is 20.3 Å². The summed E-state index contributed by atoms with van der Waals surface area (Å²) in [6, 6.07) is 14.3. The normalized spacial score (nSPS) is 11.7. The molecule has 0 radical (unpaired) electrons. The molecule has 0 aliphatic heterocycles. The molecule has 0 aliphatic rings. The van der Waals surface area contributed by atoms with Gasteiger partial charge >= 0.3 is 6.18 Å². The summed E-state index contributed by atoms with van der Waals surface area (Å²) >= 11 is 0. The number of aromatic nitrogens is 4. The summed E-state index contributed by atoms with van der Waals surface area (Å²) in [7, 11) is 0. The van der Waals surface area contributed by atoms with Crippen LogP contribution in [0.25, 0.3) is 11.2 Å². The van der Waals surface area contributed by atoms with E-state index in [1.54, 1.807) is 10.9 Å². The molecule has 0 saturated carbocycles. The number of nitrogens with one attached hydrogen (secondary N) is 1. The molecule has 0 saturated heterocycles. The van der Waals surface area contributed by atoms with Gasteiger partial charge in [-0.3, -0.25) is 0 Å². The first-order chi connectivity index (χ1) is 13.4. The second-order valence-corrected chi connectivity index (χ2v) is 6.16. The number of hydrogen-bond donors (Lipinski definition) is 2. The van der Waals surface area contributed by atoms with Crippen LogP contribution in [0.3, 0.4) is 0 Å². The summed E-state index contributed by atoms with van der Waals surface area (Å²) < 4.78 is 39.9. The number of para-hydroxylation sites is 1. The van der Waals surface area contributed by atoms with Gasteiger partial charge in [0.05, 0.1) is 18.4 Å². The zero-order chi connectivity index (χ0) is 19.7. The fourth-order valence-electron chi connectivity index (χ4n) is 2.78. The number of nitrogen functional groups attached to an aromatic ring is 1. The molecule has 28 heavy (non-hydrogen) atoms. The van der Waals surface area contributed by atoms with Gasteiger partial charge in [0.2, 0.25) is 5.95 Å². The van der Waals surface area contributed by atoms with Crippen LogP contribution in [0.2, 0.25) is 0 Å². The Labute approximate surface area is 157 Å². The molecule has 2 aromatic carbocycles. The minimum atomic E-state index is -4.36. The number of rotatable bonds is 4. The van der Waals surface area contributed by atoms with Gasteiger partial charge in [-0.2, -0.15) is 23.1 Å². The van der Waals surface area contributed by atoms with E-state index in [9.17, 15) is 13.2 Å². The van der Waals surface area contributed by atoms with Crippen molar-refractivity contribution in [2.45, 2.75) is 12.7 Å². The van der Waals surface area contributed by atoms with Gasteiger partial charge in [-0.15, -0.1) is 0 Å². The summed E-state index contributed by atoms with van der Waals surface area (Å²) in [6.07, 6.45) is -2.82. The monoisotopic (exact) mass is 384 g/mol. The van der Waals surface area contributed by atoms with Gasteiger partial charge in [0.1, 0.15) is 5.52 Å². The predicted molar refractivity (Wildman–Crippen MR) is 100 cm³/mol. The van der Waals surface area contributed by atoms with Gasteiger partial charge < -0.3 is 15.6 Å². The number of fused-ring (bicyclic) bond motifs is 1. The highest BCUT2D eigenvalue weighted by Crippen LogP contribution is 2.29. The second-order valence-electron chi connectivity index (χ2n) is 6.16. The van der Waals surface area contributed by atoms with Crippen LogP contribution in [0.15, 0.2) is 60.9 Å². The second kappa shape index (κ2) is 6.84. The predicted octanol–water partition coefficient (Wildman–Crippen LogP) is 4.22. The molecular weight excluding hydrogens is 369 g/mol. The van der Waals surface area contributed by atoms with Crippen LogP contribution in [0.4, 0.5) is 30.6 Å². The molecule has 0 amide bonds. The molecule has 0 atom stereocenters. The first kappa shape index (κ1) is 17.8. The summed E-state index contributed by atoms with van der Waals surface area (Å²) in [4.78, 5) is 12.9. The van der Waals surface area contributed by atoms with Crippen LogP contribution < -0.4 is 11.1 Å². The molecule has 2 aromatic heterocycles. The van der Waals surface area contributed by atoms with Crippen LogP contribution in [-0.4, -0.2) is 19.5 Å². The zero-order valence-electron chi connectivity index (χ0n) is 14.5. The largest absolute Gasteiger partial charge is 0.416 e. The lowest BCUT2D eigenvalue weighted by Gasteiger charge is -2.09. The fourth-order valence-corrected chi connectivity index (χ4v) is 2.78. The Balaban J connectivity index is 1.64. The first-order valence-corrected chi connectivity index (χ1v) is 8.37. The Bertz CT molecular complexity index is 1100. The zero-order valence-corrected chi connectivity index (χ0v) is 14.5. The van der Waals surface area contributed by atoms with Gasteiger partial charge in [0.15, 0.2) is 11.5 Å². The fraction of sp³-hybridized carbons (Fsp3) is 0.105. The molecule has 4 aromatic rings. The van der Waals surface area contributed by atoms with Crippen LogP contribution in [-0.2, 0) is 12.7 Å². The van der Waals surface area contributed by atoms with Gasteiger partial charge in [0, 0.05) is 5.69 Å². The Morgan fingerprint density at radius 2 is 1.68 bits per heavy atom. The van der Waals surface area contributed by atoms with Gasteiger partial charge in [-0.25, -0.2) is 4.98 Å². The third-order valence-corrected chi connectivity index (χ3v) is 4.15. The number of benzene rings is 2. The van der Waals surface area contributed by atoms with E-state index in [0.29, 0.717) is 29.2 Å². The molecule has 3 N–H and O–H groups in total. The van der Waals surface area contributed by atoms with E-state index in [4.69, 9.17) is 5.73 Å². The Kier molecular flexibility index (Phi) is 4.34. The van der Waals surface area contributed by atoms with Crippen molar-refractivity contribution in [3.05, 3.63) is 72.1 Å². The number of halogens is 3. The van der Waals surface area contributed by atoms with Gasteiger partial charge in [-0.05, 0) is 29.8 Å². The highest BCUT2D eigenvalue weighted by molar-refractivity contribution is 5.83. The molecule has 0 spiro atoms. The van der Waals surface area contributed by atoms with Gasteiger partial charge in [-0.1, -0.05) is 30.3 Å². The van der Waals surface area contributed by atoms with E-state index in [1.165, 1.54) is 12.1 Å². The molecule has 0 bridgehead atoms. The van der Waals surface area contributed by atoms with Crippen molar-refractivity contribution in [1.29, 1.82) is 0 Å². The molecule has 0 aliphatic carbocycles. The first-order valence-electron chi connectivity index (χ1n) is 8.37. The van der Waals surface area contributed by atoms with Crippen LogP contribution in [0.1, 0.15) is 11.1 Å². The summed E-state index contributed by atoms with van der Waals surface area (Å²) in [6.45, 7) is 0.301. The summed E-state index contributed by atoms with van der Waals surface area (Å²) in [5.74, 6) is 0.528. The molecule has 9 heteroatoms. The average molecular weight is 384 g/mol. The number of nitrogens with two attached hydrogens (primary N) is 1. The van der Waals surface area contributed by atoms with E-state index < -0.39 is 11.7 Å². The van der Waals surface area contributed by atoms with Crippen molar-refractivity contribution in [3.63, 3.8) is 0 Å². The van der Waals surface area contributed by atoms with Crippen molar-refractivity contribution in [1.82, 2.24) is 19.5 Å². The lowest BCUT2D eigenvalue weighted by molar-refractivity contribution is -0.137. The third kappa shape index (κ3) is 3.59. The summed E-state index contributed by atoms with van der Waals surface area (Å²) in [5, 5.41) is 3.07. The molecule has 0 unspecified atom stereocenters. The smallest absolute Gasteiger partial charge is 0.382 e. The van der Waals surface area contributed by atoms with Crippen LogP contribution in [0, 0.1) is 0 Å². The SMILES string of the molecule is Nc1nc(Nc2ccccc2)nc2c1ncn2Cc1ccc(C(F)(F)F)cc1. The molecule has 6 nitrogen and oxygen atoms in total. The van der Waals surface area contributed by atoms with E-state index in [1.807, 2.05) is 30.3 Å². The topological polar surface area (TPSA) is 81.7 Å². The Morgan fingerprint density at radius 3 is 2.36 bits per heavy atom. The molecule has 4 rings (SSSR count). The number of nitrogens with zero attached hydrogens (tertiary/aromatic N) is 4. The van der Waals surface area contributed by atoms with E-state index >= 15 is 0 Å².